The van der Waals surface area contributed by atoms with Crippen molar-refractivity contribution in [1.29, 1.82) is 0 Å². The average Bonchev–Trinajstić information content (AvgIpc) is 2.24. The lowest BCUT2D eigenvalue weighted by molar-refractivity contribution is -0.123. The van der Waals surface area contributed by atoms with E-state index < -0.39 is 0 Å². The lowest BCUT2D eigenvalue weighted by Gasteiger charge is -2.19. The maximum Gasteiger partial charge on any atom is 0.230 e. The molecule has 0 aromatic carbocycles. The topological polar surface area (TPSA) is 55.1 Å². The number of nitrogens with two attached hydrogens (primary N) is 1. The molecule has 0 fully saturated rings. The van der Waals surface area contributed by atoms with Gasteiger partial charge in [0, 0.05) is 6.04 Å². The van der Waals surface area contributed by atoms with Crippen molar-refractivity contribution in [3.63, 3.8) is 0 Å². The zero-order valence-corrected chi connectivity index (χ0v) is 13.0. The van der Waals surface area contributed by atoms with Gasteiger partial charge in [0.25, 0.3) is 0 Å². The van der Waals surface area contributed by atoms with E-state index >= 15 is 0 Å². The van der Waals surface area contributed by atoms with Gasteiger partial charge in [0.2, 0.25) is 5.91 Å². The van der Waals surface area contributed by atoms with Gasteiger partial charge in [-0.15, -0.1) is 0 Å². The number of nitrogens with one attached hydrogen (secondary N) is 1. The Kier molecular flexibility index (Phi) is 8.98. The third kappa shape index (κ3) is 7.64. The van der Waals surface area contributed by atoms with Gasteiger partial charge in [-0.3, -0.25) is 4.79 Å². The SMILES string of the molecule is CCCC(C(=O)NC(C)CCCC(C)C)C(N)=S. The summed E-state index contributed by atoms with van der Waals surface area (Å²) >= 11 is 4.95. The highest BCUT2D eigenvalue weighted by Gasteiger charge is 2.21. The first-order chi connectivity index (χ1) is 8.38. The monoisotopic (exact) mass is 272 g/mol. The fourth-order valence-electron chi connectivity index (χ4n) is 1.94. The van der Waals surface area contributed by atoms with Gasteiger partial charge in [-0.2, -0.15) is 0 Å². The van der Waals surface area contributed by atoms with E-state index in [1.165, 1.54) is 6.42 Å². The first-order valence-corrected chi connectivity index (χ1v) is 7.39. The molecule has 0 radical (unpaired) electrons. The summed E-state index contributed by atoms with van der Waals surface area (Å²) in [6.45, 7) is 8.51. The van der Waals surface area contributed by atoms with Crippen LogP contribution in [-0.4, -0.2) is 16.9 Å². The van der Waals surface area contributed by atoms with E-state index in [1.807, 2.05) is 13.8 Å². The highest BCUT2D eigenvalue weighted by atomic mass is 32.1. The number of hydrogen-bond donors (Lipinski definition) is 2. The summed E-state index contributed by atoms with van der Waals surface area (Å²) in [4.78, 5) is 12.3. The number of carbonyl (C=O) groups excluding carboxylic acids is 1. The Morgan fingerprint density at radius 2 is 1.83 bits per heavy atom. The van der Waals surface area contributed by atoms with E-state index in [0.29, 0.717) is 4.99 Å². The van der Waals surface area contributed by atoms with Crippen LogP contribution >= 0.6 is 12.2 Å². The van der Waals surface area contributed by atoms with Gasteiger partial charge in [0.1, 0.15) is 0 Å². The van der Waals surface area contributed by atoms with Crippen LogP contribution < -0.4 is 11.1 Å². The molecule has 3 N–H and O–H groups in total. The molecule has 106 valence electrons. The normalized spacial score (nSPS) is 14.3. The zero-order chi connectivity index (χ0) is 14.1. The number of rotatable bonds is 9. The minimum atomic E-state index is -0.308. The fourth-order valence-corrected chi connectivity index (χ4v) is 2.16. The van der Waals surface area contributed by atoms with Crippen LogP contribution in [0.5, 0.6) is 0 Å². The summed E-state index contributed by atoms with van der Waals surface area (Å²) in [5.41, 5.74) is 5.61. The third-order valence-electron chi connectivity index (χ3n) is 3.04. The maximum absolute atomic E-state index is 12.0. The van der Waals surface area contributed by atoms with Crippen LogP contribution in [0.25, 0.3) is 0 Å². The minimum absolute atomic E-state index is 0.0126. The van der Waals surface area contributed by atoms with E-state index in [0.717, 1.165) is 31.6 Å². The van der Waals surface area contributed by atoms with Crippen molar-refractivity contribution in [2.75, 3.05) is 0 Å². The van der Waals surface area contributed by atoms with E-state index in [-0.39, 0.29) is 17.9 Å². The minimum Gasteiger partial charge on any atom is -0.393 e. The van der Waals surface area contributed by atoms with Gasteiger partial charge in [0.05, 0.1) is 10.9 Å². The highest BCUT2D eigenvalue weighted by Crippen LogP contribution is 2.11. The van der Waals surface area contributed by atoms with Crippen molar-refractivity contribution in [1.82, 2.24) is 5.32 Å². The maximum atomic E-state index is 12.0. The largest absolute Gasteiger partial charge is 0.393 e. The average molecular weight is 272 g/mol. The molecule has 0 heterocycles. The molecule has 18 heavy (non-hydrogen) atoms. The van der Waals surface area contributed by atoms with E-state index in [2.05, 4.69) is 19.2 Å². The van der Waals surface area contributed by atoms with Crippen molar-refractivity contribution >= 4 is 23.1 Å². The summed E-state index contributed by atoms with van der Waals surface area (Å²) in [6.07, 6.45) is 5.01. The molecular formula is C14H28N2OS. The molecule has 2 atom stereocenters. The highest BCUT2D eigenvalue weighted by molar-refractivity contribution is 7.80. The van der Waals surface area contributed by atoms with Gasteiger partial charge in [-0.1, -0.05) is 52.3 Å². The van der Waals surface area contributed by atoms with Crippen molar-refractivity contribution in [3.05, 3.63) is 0 Å². The molecule has 0 rings (SSSR count). The molecule has 0 aliphatic rings. The van der Waals surface area contributed by atoms with Crippen molar-refractivity contribution in [3.8, 4) is 0 Å². The Bertz CT molecular complexity index is 267. The van der Waals surface area contributed by atoms with Crippen LogP contribution in [0, 0.1) is 11.8 Å². The van der Waals surface area contributed by atoms with Gasteiger partial charge < -0.3 is 11.1 Å². The van der Waals surface area contributed by atoms with Crippen LogP contribution in [0.4, 0.5) is 0 Å². The van der Waals surface area contributed by atoms with Crippen molar-refractivity contribution in [2.45, 2.75) is 65.8 Å². The number of hydrogen-bond acceptors (Lipinski definition) is 2. The Balaban J connectivity index is 4.07. The second-order valence-electron chi connectivity index (χ2n) is 5.48. The Morgan fingerprint density at radius 3 is 2.28 bits per heavy atom. The van der Waals surface area contributed by atoms with Crippen molar-refractivity contribution in [2.24, 2.45) is 17.6 Å². The lowest BCUT2D eigenvalue weighted by Crippen LogP contribution is -2.41. The van der Waals surface area contributed by atoms with E-state index in [1.54, 1.807) is 0 Å². The quantitative estimate of drug-likeness (QED) is 0.634. The molecule has 0 spiro atoms. The Morgan fingerprint density at radius 1 is 1.22 bits per heavy atom. The molecular weight excluding hydrogens is 244 g/mol. The van der Waals surface area contributed by atoms with Gasteiger partial charge in [-0.05, 0) is 25.7 Å². The summed E-state index contributed by atoms with van der Waals surface area (Å²) in [5, 5.41) is 3.01. The fraction of sp³-hybridized carbons (Fsp3) is 0.857. The van der Waals surface area contributed by atoms with Gasteiger partial charge in [0.15, 0.2) is 0 Å². The predicted octanol–water partition coefficient (Wildman–Crippen LogP) is 3.02. The lowest BCUT2D eigenvalue weighted by atomic mass is 10.0. The van der Waals surface area contributed by atoms with Crippen LogP contribution in [0.3, 0.4) is 0 Å². The molecule has 0 aliphatic heterocycles. The molecule has 0 aromatic heterocycles. The summed E-state index contributed by atoms with van der Waals surface area (Å²) in [6, 6.07) is 0.199. The zero-order valence-electron chi connectivity index (χ0n) is 12.2. The standard InChI is InChI=1S/C14H28N2OS/c1-5-7-12(13(15)18)14(17)16-11(4)9-6-8-10(2)3/h10-12H,5-9H2,1-4H3,(H2,15,18)(H,16,17). The Labute approximate surface area is 117 Å². The number of amides is 1. The molecule has 0 saturated heterocycles. The molecule has 1 amide bonds. The molecule has 0 saturated carbocycles. The van der Waals surface area contributed by atoms with Gasteiger partial charge in [-0.25, -0.2) is 0 Å². The smallest absolute Gasteiger partial charge is 0.230 e. The van der Waals surface area contributed by atoms with Crippen LogP contribution in [-0.2, 0) is 4.79 Å². The summed E-state index contributed by atoms with van der Waals surface area (Å²) < 4.78 is 0. The summed E-state index contributed by atoms with van der Waals surface area (Å²) in [5.74, 6) is 0.399. The van der Waals surface area contributed by atoms with Crippen LogP contribution in [0.2, 0.25) is 0 Å². The molecule has 2 unspecified atom stereocenters. The first kappa shape index (κ1) is 17.4. The van der Waals surface area contributed by atoms with Crippen LogP contribution in [0.1, 0.15) is 59.8 Å². The molecule has 3 nitrogen and oxygen atoms in total. The molecule has 0 aromatic rings. The van der Waals surface area contributed by atoms with E-state index in [4.69, 9.17) is 18.0 Å². The second kappa shape index (κ2) is 9.31. The number of thiocarbonyl (C=S) groups is 1. The van der Waals surface area contributed by atoms with E-state index in [9.17, 15) is 4.79 Å². The van der Waals surface area contributed by atoms with Crippen LogP contribution in [0.15, 0.2) is 0 Å². The second-order valence-corrected chi connectivity index (χ2v) is 5.95. The molecule has 0 bridgehead atoms. The predicted molar refractivity (Wildman–Crippen MR) is 81.5 cm³/mol. The molecule has 0 aliphatic carbocycles. The number of carbonyl (C=O) groups is 1. The Hall–Kier alpha value is -0.640. The third-order valence-corrected chi connectivity index (χ3v) is 3.33. The van der Waals surface area contributed by atoms with Crippen molar-refractivity contribution < 1.29 is 4.79 Å². The summed E-state index contributed by atoms with van der Waals surface area (Å²) in [7, 11) is 0. The first-order valence-electron chi connectivity index (χ1n) is 6.98. The molecule has 4 heteroatoms. The van der Waals surface area contributed by atoms with Gasteiger partial charge >= 0.3 is 0 Å².